The van der Waals surface area contributed by atoms with Crippen LogP contribution in [-0.4, -0.2) is 54.7 Å². The molecule has 76 valence electrons. The third-order valence-corrected chi connectivity index (χ3v) is 2.31. The number of morpholine rings is 1. The van der Waals surface area contributed by atoms with Crippen LogP contribution in [0.15, 0.2) is 0 Å². The van der Waals surface area contributed by atoms with Crippen LogP contribution in [0.1, 0.15) is 13.3 Å². The van der Waals surface area contributed by atoms with E-state index < -0.39 is 0 Å². The Morgan fingerprint density at radius 3 is 3.08 bits per heavy atom. The van der Waals surface area contributed by atoms with Gasteiger partial charge in [0.2, 0.25) is 0 Å². The van der Waals surface area contributed by atoms with Gasteiger partial charge in [0.25, 0.3) is 0 Å². The topological polar surface area (TPSA) is 49.8 Å². The first-order valence-electron chi connectivity index (χ1n) is 4.66. The van der Waals surface area contributed by atoms with Crippen molar-refractivity contribution in [3.8, 4) is 0 Å². The van der Waals surface area contributed by atoms with E-state index in [0.29, 0.717) is 19.6 Å². The Morgan fingerprint density at radius 1 is 1.69 bits per heavy atom. The molecular formula is C9H17NO3. The molecule has 0 aromatic heterocycles. The van der Waals surface area contributed by atoms with Crippen LogP contribution in [0.3, 0.4) is 0 Å². The van der Waals surface area contributed by atoms with Crippen LogP contribution in [0, 0.1) is 0 Å². The minimum absolute atomic E-state index is 0.0769. The van der Waals surface area contributed by atoms with Gasteiger partial charge in [0.05, 0.1) is 25.9 Å². The summed E-state index contributed by atoms with van der Waals surface area (Å²) in [6.07, 6.45) is 0.566. The van der Waals surface area contributed by atoms with Gasteiger partial charge < -0.3 is 9.84 Å². The number of ether oxygens (including phenoxy) is 1. The van der Waals surface area contributed by atoms with Crippen molar-refractivity contribution < 1.29 is 14.6 Å². The van der Waals surface area contributed by atoms with Crippen molar-refractivity contribution in [2.24, 2.45) is 0 Å². The predicted molar refractivity (Wildman–Crippen MR) is 48.6 cm³/mol. The van der Waals surface area contributed by atoms with E-state index in [1.807, 2.05) is 0 Å². The van der Waals surface area contributed by atoms with E-state index in [4.69, 9.17) is 9.84 Å². The highest BCUT2D eigenvalue weighted by atomic mass is 16.5. The van der Waals surface area contributed by atoms with Gasteiger partial charge in [-0.15, -0.1) is 0 Å². The fourth-order valence-corrected chi connectivity index (χ4v) is 1.45. The molecule has 4 nitrogen and oxygen atoms in total. The molecule has 0 aliphatic carbocycles. The normalized spacial score (nSPS) is 24.6. The lowest BCUT2D eigenvalue weighted by atomic mass is 10.2. The smallest absolute Gasteiger partial charge is 0.131 e. The summed E-state index contributed by atoms with van der Waals surface area (Å²) in [5.41, 5.74) is 0. The standard InChI is InChI=1S/C9H17NO3/c1-8(12)2-3-10-4-5-13-7-9(10)6-11/h9,11H,2-7H2,1H3. The van der Waals surface area contributed by atoms with Crippen LogP contribution >= 0.6 is 0 Å². The molecule has 0 spiro atoms. The number of carbonyl (C=O) groups excluding carboxylic acids is 1. The number of carbonyl (C=O) groups is 1. The molecule has 1 aliphatic rings. The van der Waals surface area contributed by atoms with Gasteiger partial charge in [-0.05, 0) is 6.92 Å². The molecule has 1 N–H and O–H groups in total. The van der Waals surface area contributed by atoms with Crippen molar-refractivity contribution in [1.82, 2.24) is 4.90 Å². The predicted octanol–water partition coefficient (Wildman–Crippen LogP) is -0.341. The van der Waals surface area contributed by atoms with E-state index in [-0.39, 0.29) is 18.4 Å². The molecule has 13 heavy (non-hydrogen) atoms. The molecule has 1 aliphatic heterocycles. The molecule has 0 bridgehead atoms. The van der Waals surface area contributed by atoms with Crippen molar-refractivity contribution in [1.29, 1.82) is 0 Å². The maximum atomic E-state index is 10.8. The molecule has 1 rings (SSSR count). The first-order valence-corrected chi connectivity index (χ1v) is 4.66. The second-order valence-corrected chi connectivity index (χ2v) is 3.40. The van der Waals surface area contributed by atoms with Crippen LogP contribution in [0.2, 0.25) is 0 Å². The van der Waals surface area contributed by atoms with E-state index >= 15 is 0 Å². The van der Waals surface area contributed by atoms with Crippen molar-refractivity contribution in [3.05, 3.63) is 0 Å². The summed E-state index contributed by atoms with van der Waals surface area (Å²) < 4.78 is 5.22. The van der Waals surface area contributed by atoms with Crippen LogP contribution in [0.5, 0.6) is 0 Å². The summed E-state index contributed by atoms with van der Waals surface area (Å²) in [5, 5.41) is 9.02. The molecule has 4 heteroatoms. The van der Waals surface area contributed by atoms with Crippen molar-refractivity contribution in [2.75, 3.05) is 32.9 Å². The number of aliphatic hydroxyl groups excluding tert-OH is 1. The zero-order chi connectivity index (χ0) is 9.68. The van der Waals surface area contributed by atoms with Gasteiger partial charge >= 0.3 is 0 Å². The highest BCUT2D eigenvalue weighted by Gasteiger charge is 2.21. The fourth-order valence-electron chi connectivity index (χ4n) is 1.45. The molecule has 1 unspecified atom stereocenters. The van der Waals surface area contributed by atoms with Crippen molar-refractivity contribution in [2.45, 2.75) is 19.4 Å². The highest BCUT2D eigenvalue weighted by Crippen LogP contribution is 2.06. The Hall–Kier alpha value is -0.450. The molecule has 0 saturated carbocycles. The number of hydrogen-bond acceptors (Lipinski definition) is 4. The highest BCUT2D eigenvalue weighted by molar-refractivity contribution is 5.75. The van der Waals surface area contributed by atoms with E-state index in [0.717, 1.165) is 13.1 Å². The van der Waals surface area contributed by atoms with Crippen LogP contribution < -0.4 is 0 Å². The minimum Gasteiger partial charge on any atom is -0.395 e. The number of rotatable bonds is 4. The zero-order valence-electron chi connectivity index (χ0n) is 8.03. The van der Waals surface area contributed by atoms with Gasteiger partial charge in [-0.25, -0.2) is 0 Å². The number of hydrogen-bond donors (Lipinski definition) is 1. The summed E-state index contributed by atoms with van der Waals surface area (Å²) in [4.78, 5) is 12.9. The number of ketones is 1. The average Bonchev–Trinajstić information content (AvgIpc) is 2.15. The number of nitrogens with zero attached hydrogens (tertiary/aromatic N) is 1. The third kappa shape index (κ3) is 3.42. The molecular weight excluding hydrogens is 170 g/mol. The fraction of sp³-hybridized carbons (Fsp3) is 0.889. The summed E-state index contributed by atoms with van der Waals surface area (Å²) in [6, 6.07) is 0.0769. The van der Waals surface area contributed by atoms with Crippen LogP contribution in [0.4, 0.5) is 0 Å². The second kappa shape index (κ2) is 5.32. The third-order valence-electron chi connectivity index (χ3n) is 2.31. The monoisotopic (exact) mass is 187 g/mol. The van der Waals surface area contributed by atoms with Gasteiger partial charge in [0.15, 0.2) is 0 Å². The average molecular weight is 187 g/mol. The Bertz CT molecular complexity index is 172. The lowest BCUT2D eigenvalue weighted by molar-refractivity contribution is -0.118. The van der Waals surface area contributed by atoms with E-state index in [2.05, 4.69) is 4.90 Å². The van der Waals surface area contributed by atoms with E-state index in [1.165, 1.54) is 0 Å². The Kier molecular flexibility index (Phi) is 4.35. The quantitative estimate of drug-likeness (QED) is 0.654. The largest absolute Gasteiger partial charge is 0.395 e. The SMILES string of the molecule is CC(=O)CCN1CCOCC1CO. The van der Waals surface area contributed by atoms with Gasteiger partial charge in [-0.1, -0.05) is 0 Å². The van der Waals surface area contributed by atoms with Crippen molar-refractivity contribution >= 4 is 5.78 Å². The summed E-state index contributed by atoms with van der Waals surface area (Å²) in [6.45, 7) is 4.54. The molecule has 1 atom stereocenters. The summed E-state index contributed by atoms with van der Waals surface area (Å²) in [5.74, 6) is 0.197. The second-order valence-electron chi connectivity index (χ2n) is 3.40. The Labute approximate surface area is 78.5 Å². The van der Waals surface area contributed by atoms with Crippen LogP contribution in [-0.2, 0) is 9.53 Å². The van der Waals surface area contributed by atoms with Crippen molar-refractivity contribution in [3.63, 3.8) is 0 Å². The molecule has 0 aromatic rings. The first kappa shape index (κ1) is 10.6. The lowest BCUT2D eigenvalue weighted by Crippen LogP contribution is -2.48. The molecule has 0 amide bonds. The maximum Gasteiger partial charge on any atom is 0.131 e. The maximum absolute atomic E-state index is 10.8. The van der Waals surface area contributed by atoms with Gasteiger partial charge in [-0.3, -0.25) is 9.69 Å². The minimum atomic E-state index is 0.0769. The van der Waals surface area contributed by atoms with Gasteiger partial charge in [0, 0.05) is 19.5 Å². The molecule has 1 fully saturated rings. The zero-order valence-corrected chi connectivity index (χ0v) is 8.03. The molecule has 0 aromatic carbocycles. The Morgan fingerprint density at radius 2 is 2.46 bits per heavy atom. The van der Waals surface area contributed by atoms with Crippen LogP contribution in [0.25, 0.3) is 0 Å². The number of Topliss-reactive ketones (excluding diaryl/α,β-unsaturated/α-hetero) is 1. The Balaban J connectivity index is 2.31. The van der Waals surface area contributed by atoms with E-state index in [9.17, 15) is 4.79 Å². The molecule has 0 radical (unpaired) electrons. The molecule has 1 heterocycles. The molecule has 1 saturated heterocycles. The van der Waals surface area contributed by atoms with Gasteiger partial charge in [-0.2, -0.15) is 0 Å². The first-order chi connectivity index (χ1) is 6.24. The van der Waals surface area contributed by atoms with E-state index in [1.54, 1.807) is 6.92 Å². The summed E-state index contributed by atoms with van der Waals surface area (Å²) in [7, 11) is 0. The number of aliphatic hydroxyl groups is 1. The lowest BCUT2D eigenvalue weighted by Gasteiger charge is -2.34. The summed E-state index contributed by atoms with van der Waals surface area (Å²) >= 11 is 0. The van der Waals surface area contributed by atoms with Gasteiger partial charge in [0.1, 0.15) is 5.78 Å².